The summed E-state index contributed by atoms with van der Waals surface area (Å²) in [7, 11) is 0. The van der Waals surface area contributed by atoms with Crippen LogP contribution in [0.25, 0.3) is 49.5 Å². The Bertz CT molecular complexity index is 2650. The van der Waals surface area contributed by atoms with Crippen LogP contribution in [0.1, 0.15) is 47.2 Å². The highest BCUT2D eigenvalue weighted by Crippen LogP contribution is 2.58. The molecule has 0 N–H and O–H groups in total. The maximum atomic E-state index is 14.0. The Morgan fingerprint density at radius 2 is 1.32 bits per heavy atom. The van der Waals surface area contributed by atoms with Gasteiger partial charge in [0.15, 0.2) is 5.60 Å². The van der Waals surface area contributed by atoms with Crippen molar-refractivity contribution in [3.63, 3.8) is 0 Å². The van der Waals surface area contributed by atoms with Crippen molar-refractivity contribution in [3.05, 3.63) is 161 Å². The molecule has 7 aromatic rings. The van der Waals surface area contributed by atoms with Gasteiger partial charge in [-0.2, -0.15) is 13.2 Å². The lowest BCUT2D eigenvalue weighted by Gasteiger charge is -2.39. The van der Waals surface area contributed by atoms with Gasteiger partial charge in [-0.1, -0.05) is 111 Å². The summed E-state index contributed by atoms with van der Waals surface area (Å²) >= 11 is 0. The summed E-state index contributed by atoms with van der Waals surface area (Å²) < 4.78 is 55.3. The number of anilines is 1. The SMILES string of the molecule is CC1(C)c2cc(C(F)(F)F)ccc2-c2c1c1c(c3ccccc23)OC(c2ccc(N3CCOCC3)cc2)(c2ccc3ccc4ccccc4c3c2)C=C1. The molecule has 3 aliphatic rings. The molecule has 1 fully saturated rings. The second-order valence-corrected chi connectivity index (χ2v) is 15.0. The fourth-order valence-corrected chi connectivity index (χ4v) is 9.06. The topological polar surface area (TPSA) is 21.7 Å². The largest absolute Gasteiger partial charge is 0.472 e. The van der Waals surface area contributed by atoms with Crippen molar-refractivity contribution < 1.29 is 22.6 Å². The van der Waals surface area contributed by atoms with E-state index in [2.05, 4.69) is 108 Å². The normalized spacial score (nSPS) is 18.9. The van der Waals surface area contributed by atoms with Gasteiger partial charge in [-0.3, -0.25) is 0 Å². The quantitative estimate of drug-likeness (QED) is 0.171. The van der Waals surface area contributed by atoms with Crippen LogP contribution in [0.4, 0.5) is 18.9 Å². The fourth-order valence-electron chi connectivity index (χ4n) is 9.06. The number of fused-ring (bicyclic) bond motifs is 11. The number of hydrogen-bond donors (Lipinski definition) is 0. The third-order valence-electron chi connectivity index (χ3n) is 11.7. The predicted molar refractivity (Wildman–Crippen MR) is 208 cm³/mol. The molecule has 262 valence electrons. The van der Waals surface area contributed by atoms with Crippen LogP contribution in [-0.4, -0.2) is 26.3 Å². The van der Waals surface area contributed by atoms with Gasteiger partial charge in [-0.25, -0.2) is 0 Å². The van der Waals surface area contributed by atoms with Crippen LogP contribution in [-0.2, 0) is 21.9 Å². The molecule has 0 amide bonds. The molecule has 6 heteroatoms. The van der Waals surface area contributed by atoms with Crippen LogP contribution in [0, 0.1) is 0 Å². The van der Waals surface area contributed by atoms with Crippen LogP contribution in [0.3, 0.4) is 0 Å². The van der Waals surface area contributed by atoms with Gasteiger partial charge in [-0.15, -0.1) is 0 Å². The Kier molecular flexibility index (Phi) is 6.93. The molecule has 10 rings (SSSR count). The number of ether oxygens (including phenoxy) is 2. The van der Waals surface area contributed by atoms with Crippen LogP contribution in [0.5, 0.6) is 5.75 Å². The monoisotopic (exact) mass is 703 g/mol. The molecular formula is C47H36F3NO2. The van der Waals surface area contributed by atoms with Gasteiger partial charge in [-0.05, 0) is 85.6 Å². The molecular weight excluding hydrogens is 668 g/mol. The van der Waals surface area contributed by atoms with Crippen molar-refractivity contribution in [2.45, 2.75) is 31.0 Å². The molecule has 1 atom stereocenters. The second kappa shape index (κ2) is 11.5. The smallest absolute Gasteiger partial charge is 0.416 e. The first kappa shape index (κ1) is 32.1. The molecule has 0 saturated carbocycles. The molecule has 0 spiro atoms. The zero-order chi connectivity index (χ0) is 36.1. The minimum atomic E-state index is -4.44. The van der Waals surface area contributed by atoms with Crippen molar-refractivity contribution in [1.29, 1.82) is 0 Å². The minimum Gasteiger partial charge on any atom is -0.472 e. The highest BCUT2D eigenvalue weighted by molar-refractivity contribution is 6.09. The molecule has 53 heavy (non-hydrogen) atoms. The van der Waals surface area contributed by atoms with Gasteiger partial charge >= 0.3 is 6.18 Å². The Labute approximate surface area is 305 Å². The third kappa shape index (κ3) is 4.78. The summed E-state index contributed by atoms with van der Waals surface area (Å²) in [5.41, 5.74) is 5.13. The fraction of sp³-hybridized carbons (Fsp3) is 0.191. The Hall–Kier alpha value is -5.59. The molecule has 3 nitrogen and oxygen atoms in total. The van der Waals surface area contributed by atoms with Crippen LogP contribution in [0.2, 0.25) is 0 Å². The second-order valence-electron chi connectivity index (χ2n) is 15.0. The van der Waals surface area contributed by atoms with E-state index < -0.39 is 22.8 Å². The van der Waals surface area contributed by atoms with Crippen LogP contribution in [0.15, 0.2) is 127 Å². The first-order valence-electron chi connectivity index (χ1n) is 18.2. The van der Waals surface area contributed by atoms with Crippen molar-refractivity contribution in [3.8, 4) is 16.9 Å². The summed E-state index contributed by atoms with van der Waals surface area (Å²) in [6.45, 7) is 7.14. The molecule has 1 aliphatic carbocycles. The molecule has 2 aliphatic heterocycles. The van der Waals surface area contributed by atoms with Gasteiger partial charge < -0.3 is 14.4 Å². The summed E-state index contributed by atoms with van der Waals surface area (Å²) in [6, 6.07) is 40.4. The van der Waals surface area contributed by atoms with Gasteiger partial charge in [0.1, 0.15) is 5.75 Å². The van der Waals surface area contributed by atoms with E-state index in [0.29, 0.717) is 18.8 Å². The molecule has 0 aromatic heterocycles. The van der Waals surface area contributed by atoms with Crippen molar-refractivity contribution in [2.24, 2.45) is 0 Å². The molecule has 0 bridgehead atoms. The molecule has 7 aromatic carbocycles. The molecule has 2 heterocycles. The standard InChI is InChI=1S/C47H36F3NO2/c1-45(2)41-28-33(47(48,49)50)17-20-38(41)42-36-9-5-6-10-37(36)44-39(43(42)45)21-22-46(53-44,31-15-18-34(19-16-31)51-23-25-52-26-24-51)32-14-13-30-12-11-29-7-3-4-8-35(29)40(30)27-32/h3-22,27-28H,23-26H2,1-2H3. The average molecular weight is 704 g/mol. The van der Waals surface area contributed by atoms with E-state index in [1.807, 2.05) is 26.0 Å². The molecule has 0 radical (unpaired) electrons. The highest BCUT2D eigenvalue weighted by atomic mass is 19.4. The van der Waals surface area contributed by atoms with E-state index in [1.165, 1.54) is 22.9 Å². The van der Waals surface area contributed by atoms with Gasteiger partial charge in [0.25, 0.3) is 0 Å². The first-order valence-corrected chi connectivity index (χ1v) is 18.2. The Morgan fingerprint density at radius 1 is 0.660 bits per heavy atom. The van der Waals surface area contributed by atoms with Gasteiger partial charge in [0.2, 0.25) is 0 Å². The number of rotatable bonds is 3. The van der Waals surface area contributed by atoms with E-state index in [0.717, 1.165) is 79.5 Å². The van der Waals surface area contributed by atoms with Crippen LogP contribution >= 0.6 is 0 Å². The van der Waals surface area contributed by atoms with Crippen molar-refractivity contribution >= 4 is 44.1 Å². The van der Waals surface area contributed by atoms with Crippen LogP contribution < -0.4 is 9.64 Å². The van der Waals surface area contributed by atoms with Crippen molar-refractivity contribution in [1.82, 2.24) is 0 Å². The predicted octanol–water partition coefficient (Wildman–Crippen LogP) is 11.7. The average Bonchev–Trinajstić information content (AvgIpc) is 3.43. The lowest BCUT2D eigenvalue weighted by atomic mass is 9.76. The Balaban J connectivity index is 1.21. The number of nitrogens with zero attached hydrogens (tertiary/aromatic N) is 1. The maximum absolute atomic E-state index is 14.0. The lowest BCUT2D eigenvalue weighted by molar-refractivity contribution is -0.137. The lowest BCUT2D eigenvalue weighted by Crippen LogP contribution is -2.37. The van der Waals surface area contributed by atoms with E-state index in [9.17, 15) is 13.2 Å². The van der Waals surface area contributed by atoms with E-state index in [4.69, 9.17) is 9.47 Å². The number of alkyl halides is 3. The van der Waals surface area contributed by atoms with E-state index >= 15 is 0 Å². The number of hydrogen-bond acceptors (Lipinski definition) is 3. The summed E-state index contributed by atoms with van der Waals surface area (Å²) in [5, 5.41) is 6.52. The van der Waals surface area contributed by atoms with E-state index in [1.54, 1.807) is 6.07 Å². The highest BCUT2D eigenvalue weighted by Gasteiger charge is 2.45. The van der Waals surface area contributed by atoms with E-state index in [-0.39, 0.29) is 0 Å². The maximum Gasteiger partial charge on any atom is 0.416 e. The minimum absolute atomic E-state index is 0.634. The number of morpholine rings is 1. The van der Waals surface area contributed by atoms with Crippen molar-refractivity contribution in [2.75, 3.05) is 31.2 Å². The number of benzene rings is 7. The molecule has 1 saturated heterocycles. The summed E-state index contributed by atoms with van der Waals surface area (Å²) in [5.74, 6) is 0.731. The summed E-state index contributed by atoms with van der Waals surface area (Å²) in [6.07, 6.45) is -0.126. The molecule has 1 unspecified atom stereocenters. The summed E-state index contributed by atoms with van der Waals surface area (Å²) in [4.78, 5) is 2.34. The number of halogens is 3. The zero-order valence-electron chi connectivity index (χ0n) is 29.4. The zero-order valence-corrected chi connectivity index (χ0v) is 29.4. The first-order chi connectivity index (χ1) is 25.6. The van der Waals surface area contributed by atoms with Gasteiger partial charge in [0.05, 0.1) is 18.8 Å². The van der Waals surface area contributed by atoms with Gasteiger partial charge in [0, 0.05) is 46.3 Å². The Morgan fingerprint density at radius 3 is 2.08 bits per heavy atom. The third-order valence-corrected chi connectivity index (χ3v) is 11.7.